The van der Waals surface area contributed by atoms with E-state index in [2.05, 4.69) is 11.9 Å². The topological polar surface area (TPSA) is 42.4 Å². The van der Waals surface area contributed by atoms with Gasteiger partial charge in [-0.2, -0.15) is 0 Å². The van der Waals surface area contributed by atoms with E-state index in [9.17, 15) is 5.11 Å². The Kier molecular flexibility index (Phi) is 4.00. The smallest absolute Gasteiger partial charge is 0.137 e. The second kappa shape index (κ2) is 5.50. The van der Waals surface area contributed by atoms with E-state index in [1.54, 1.807) is 19.5 Å². The Hall–Kier alpha value is -1.09. The molecular formula is C14H21NO2. The lowest BCUT2D eigenvalue weighted by atomic mass is 9.79. The first kappa shape index (κ1) is 12.4. The molecule has 3 nitrogen and oxygen atoms in total. The van der Waals surface area contributed by atoms with Gasteiger partial charge in [-0.05, 0) is 30.7 Å². The zero-order valence-corrected chi connectivity index (χ0v) is 10.6. The number of aromatic nitrogens is 1. The Morgan fingerprint density at radius 1 is 1.29 bits per heavy atom. The van der Waals surface area contributed by atoms with Crippen LogP contribution < -0.4 is 4.74 Å². The number of nitrogens with zero attached hydrogens (tertiary/aromatic N) is 1. The van der Waals surface area contributed by atoms with E-state index >= 15 is 0 Å². The minimum atomic E-state index is -0.398. The molecule has 1 fully saturated rings. The first-order valence-electron chi connectivity index (χ1n) is 6.37. The second-order valence-corrected chi connectivity index (χ2v) is 5.12. The lowest BCUT2D eigenvalue weighted by Gasteiger charge is -2.29. The minimum Gasteiger partial charge on any atom is -0.495 e. The van der Waals surface area contributed by atoms with Crippen LogP contribution in [0.1, 0.15) is 44.3 Å². The van der Waals surface area contributed by atoms with Gasteiger partial charge in [0.1, 0.15) is 5.75 Å². The molecule has 1 saturated carbocycles. The van der Waals surface area contributed by atoms with E-state index in [1.165, 1.54) is 12.8 Å². The third-order valence-corrected chi connectivity index (χ3v) is 3.82. The molecule has 94 valence electrons. The average molecular weight is 235 g/mol. The third kappa shape index (κ3) is 2.97. The van der Waals surface area contributed by atoms with Gasteiger partial charge >= 0.3 is 0 Å². The first-order chi connectivity index (χ1) is 8.20. The van der Waals surface area contributed by atoms with Gasteiger partial charge in [-0.1, -0.05) is 19.8 Å². The maximum absolute atomic E-state index is 10.4. The van der Waals surface area contributed by atoms with Crippen LogP contribution in [0.15, 0.2) is 18.5 Å². The molecule has 1 atom stereocenters. The van der Waals surface area contributed by atoms with Gasteiger partial charge in [-0.25, -0.2) is 0 Å². The summed E-state index contributed by atoms with van der Waals surface area (Å²) in [5.74, 6) is 1.90. The summed E-state index contributed by atoms with van der Waals surface area (Å²) < 4.78 is 5.14. The summed E-state index contributed by atoms with van der Waals surface area (Å²) in [5.41, 5.74) is 0.879. The van der Waals surface area contributed by atoms with Crippen LogP contribution in [0.2, 0.25) is 0 Å². The number of pyridine rings is 1. The highest BCUT2D eigenvalue weighted by Gasteiger charge is 2.26. The molecule has 0 aliphatic heterocycles. The summed E-state index contributed by atoms with van der Waals surface area (Å²) in [6.07, 6.45) is 7.67. The molecule has 1 unspecified atom stereocenters. The van der Waals surface area contributed by atoms with E-state index < -0.39 is 6.10 Å². The number of ether oxygens (including phenoxy) is 1. The van der Waals surface area contributed by atoms with Crippen molar-refractivity contribution >= 4 is 0 Å². The highest BCUT2D eigenvalue weighted by Crippen LogP contribution is 2.36. The van der Waals surface area contributed by atoms with Crippen LogP contribution in [0.4, 0.5) is 0 Å². The molecule has 2 rings (SSSR count). The van der Waals surface area contributed by atoms with Gasteiger partial charge in [-0.3, -0.25) is 4.98 Å². The van der Waals surface area contributed by atoms with E-state index in [-0.39, 0.29) is 0 Å². The third-order valence-electron chi connectivity index (χ3n) is 3.82. The molecule has 0 bridgehead atoms. The van der Waals surface area contributed by atoms with Crippen molar-refractivity contribution < 1.29 is 9.84 Å². The van der Waals surface area contributed by atoms with Gasteiger partial charge in [0, 0.05) is 11.8 Å². The normalized spacial score (nSPS) is 26.5. The van der Waals surface area contributed by atoms with Crippen molar-refractivity contribution in [2.45, 2.75) is 38.7 Å². The molecule has 17 heavy (non-hydrogen) atoms. The fourth-order valence-corrected chi connectivity index (χ4v) is 2.58. The number of aliphatic hydroxyl groups excluding tert-OH is 1. The zero-order valence-electron chi connectivity index (χ0n) is 10.6. The molecule has 0 saturated heterocycles. The van der Waals surface area contributed by atoms with Crippen LogP contribution in [0.5, 0.6) is 5.75 Å². The van der Waals surface area contributed by atoms with Crippen molar-refractivity contribution in [2.24, 2.45) is 11.8 Å². The zero-order chi connectivity index (χ0) is 12.3. The second-order valence-electron chi connectivity index (χ2n) is 5.12. The molecule has 1 aromatic heterocycles. The van der Waals surface area contributed by atoms with Crippen LogP contribution in [-0.4, -0.2) is 17.2 Å². The Morgan fingerprint density at radius 3 is 2.65 bits per heavy atom. The predicted octanol–water partition coefficient (Wildman–Crippen LogP) is 2.95. The van der Waals surface area contributed by atoms with Crippen molar-refractivity contribution in [2.75, 3.05) is 7.11 Å². The molecule has 1 aliphatic rings. The Bertz CT molecular complexity index is 359. The quantitative estimate of drug-likeness (QED) is 0.875. The largest absolute Gasteiger partial charge is 0.495 e. The highest BCUT2D eigenvalue weighted by molar-refractivity contribution is 5.25. The molecule has 0 radical (unpaired) electrons. The molecule has 0 spiro atoms. The summed E-state index contributed by atoms with van der Waals surface area (Å²) in [6.45, 7) is 2.29. The fraction of sp³-hybridized carbons (Fsp3) is 0.643. The molecule has 1 aliphatic carbocycles. The van der Waals surface area contributed by atoms with Gasteiger partial charge < -0.3 is 9.84 Å². The van der Waals surface area contributed by atoms with E-state index in [0.29, 0.717) is 11.7 Å². The minimum absolute atomic E-state index is 0.375. The van der Waals surface area contributed by atoms with Crippen molar-refractivity contribution in [3.63, 3.8) is 0 Å². The Balaban J connectivity index is 2.05. The Labute approximate surface area is 103 Å². The van der Waals surface area contributed by atoms with Gasteiger partial charge in [0.2, 0.25) is 0 Å². The van der Waals surface area contributed by atoms with Crippen LogP contribution in [0, 0.1) is 11.8 Å². The van der Waals surface area contributed by atoms with Crippen molar-refractivity contribution in [1.29, 1.82) is 0 Å². The van der Waals surface area contributed by atoms with Gasteiger partial charge in [0.15, 0.2) is 0 Å². The summed E-state index contributed by atoms with van der Waals surface area (Å²) in [4.78, 5) is 4.10. The summed E-state index contributed by atoms with van der Waals surface area (Å²) in [6, 6.07) is 1.88. The monoisotopic (exact) mass is 235 g/mol. The van der Waals surface area contributed by atoms with Crippen LogP contribution in [-0.2, 0) is 0 Å². The average Bonchev–Trinajstić information content (AvgIpc) is 2.39. The van der Waals surface area contributed by atoms with Crippen LogP contribution in [0.25, 0.3) is 0 Å². The molecule has 0 amide bonds. The number of methoxy groups -OCH3 is 1. The van der Waals surface area contributed by atoms with E-state index in [0.717, 1.165) is 24.3 Å². The number of hydrogen-bond acceptors (Lipinski definition) is 3. The molecule has 1 heterocycles. The molecular weight excluding hydrogens is 214 g/mol. The van der Waals surface area contributed by atoms with E-state index in [4.69, 9.17) is 4.74 Å². The summed E-state index contributed by atoms with van der Waals surface area (Å²) in [5, 5.41) is 10.4. The van der Waals surface area contributed by atoms with Crippen molar-refractivity contribution in [1.82, 2.24) is 4.98 Å². The molecule has 3 heteroatoms. The molecule has 1 aromatic rings. The van der Waals surface area contributed by atoms with Gasteiger partial charge in [-0.15, -0.1) is 0 Å². The predicted molar refractivity (Wildman–Crippen MR) is 66.9 cm³/mol. The lowest BCUT2D eigenvalue weighted by molar-refractivity contribution is 0.0751. The number of rotatable bonds is 3. The van der Waals surface area contributed by atoms with Crippen LogP contribution in [0.3, 0.4) is 0 Å². The summed E-state index contributed by atoms with van der Waals surface area (Å²) >= 11 is 0. The van der Waals surface area contributed by atoms with Crippen molar-refractivity contribution in [3.8, 4) is 5.75 Å². The van der Waals surface area contributed by atoms with Gasteiger partial charge in [0.25, 0.3) is 0 Å². The van der Waals surface area contributed by atoms with Gasteiger partial charge in [0.05, 0.1) is 19.4 Å². The van der Waals surface area contributed by atoms with E-state index in [1.807, 2.05) is 6.07 Å². The number of aliphatic hydroxyl groups is 1. The molecule has 0 aromatic carbocycles. The maximum atomic E-state index is 10.4. The fourth-order valence-electron chi connectivity index (χ4n) is 2.58. The number of hydrogen-bond donors (Lipinski definition) is 1. The maximum Gasteiger partial charge on any atom is 0.137 e. The van der Waals surface area contributed by atoms with Crippen molar-refractivity contribution in [3.05, 3.63) is 24.0 Å². The van der Waals surface area contributed by atoms with Crippen LogP contribution >= 0.6 is 0 Å². The SMILES string of the molecule is COc1cncc(C(O)C2CCC(C)CC2)c1. The summed E-state index contributed by atoms with van der Waals surface area (Å²) in [7, 11) is 1.62. The Morgan fingerprint density at radius 2 is 2.00 bits per heavy atom. The first-order valence-corrected chi connectivity index (χ1v) is 6.37. The highest BCUT2D eigenvalue weighted by atomic mass is 16.5. The standard InChI is InChI=1S/C14H21NO2/c1-10-3-5-11(6-4-10)14(16)12-7-13(17-2)9-15-8-12/h7-11,14,16H,3-6H2,1-2H3. The molecule has 1 N–H and O–H groups in total. The lowest BCUT2D eigenvalue weighted by Crippen LogP contribution is -2.19.